The van der Waals surface area contributed by atoms with Gasteiger partial charge in [-0.05, 0) is 28.9 Å². The number of aliphatic imine (C=N–C) groups is 1. The van der Waals surface area contributed by atoms with Crippen LogP contribution >= 0.6 is 15.9 Å². The number of halogens is 2. The maximum atomic E-state index is 11.9. The van der Waals surface area contributed by atoms with Gasteiger partial charge in [-0.15, -0.1) is 0 Å². The number of nitrogens with zero attached hydrogens (tertiary/aromatic N) is 1. The Balaban J connectivity index is 3.98. The molecule has 0 aromatic heterocycles. The van der Waals surface area contributed by atoms with Crippen LogP contribution in [0.2, 0.25) is 0 Å². The molecule has 9 heavy (non-hydrogen) atoms. The van der Waals surface area contributed by atoms with Crippen molar-refractivity contribution in [3.8, 4) is 0 Å². The second kappa shape index (κ2) is 4.44. The van der Waals surface area contributed by atoms with E-state index >= 15 is 0 Å². The molecule has 0 aromatic carbocycles. The van der Waals surface area contributed by atoms with Crippen LogP contribution in [-0.2, 0) is 0 Å². The first-order chi connectivity index (χ1) is 4.16. The van der Waals surface area contributed by atoms with Crippen LogP contribution in [0.15, 0.2) is 29.7 Å². The third-order valence-electron chi connectivity index (χ3n) is 0.534. The molecule has 0 aromatic rings. The lowest BCUT2D eigenvalue weighted by atomic mass is 10.6. The molecule has 1 nitrogen and oxygen atoms in total. The molecule has 0 aliphatic rings. The van der Waals surface area contributed by atoms with Crippen LogP contribution in [0.4, 0.5) is 4.39 Å². The fourth-order valence-electron chi connectivity index (χ4n) is 0.203. The van der Waals surface area contributed by atoms with E-state index in [9.17, 15) is 4.39 Å². The van der Waals surface area contributed by atoms with E-state index in [1.807, 2.05) is 0 Å². The van der Waals surface area contributed by atoms with Crippen molar-refractivity contribution in [2.45, 2.75) is 6.92 Å². The van der Waals surface area contributed by atoms with Crippen LogP contribution in [0.1, 0.15) is 6.92 Å². The van der Waals surface area contributed by atoms with Gasteiger partial charge in [0, 0.05) is 0 Å². The van der Waals surface area contributed by atoms with E-state index in [-0.39, 0.29) is 5.83 Å². The molecule has 0 amide bonds. The third-order valence-corrected chi connectivity index (χ3v) is 1.06. The summed E-state index contributed by atoms with van der Waals surface area (Å²) in [5.74, 6) is -0.325. The molecule has 0 saturated carbocycles. The topological polar surface area (TPSA) is 12.4 Å². The van der Waals surface area contributed by atoms with Gasteiger partial charge in [-0.3, -0.25) is 0 Å². The summed E-state index contributed by atoms with van der Waals surface area (Å²) in [6.45, 7) is 4.74. The lowest BCUT2D eigenvalue weighted by Crippen LogP contribution is -1.72. The van der Waals surface area contributed by atoms with Gasteiger partial charge in [-0.1, -0.05) is 6.58 Å². The minimum atomic E-state index is -0.325. The molecule has 50 valence electrons. The fraction of sp³-hybridized carbons (Fsp3) is 0.167. The monoisotopic (exact) mass is 191 g/mol. The Morgan fingerprint density at radius 2 is 2.33 bits per heavy atom. The maximum absolute atomic E-state index is 11.9. The largest absolute Gasteiger partial charge is 0.247 e. The van der Waals surface area contributed by atoms with Crippen molar-refractivity contribution in [2.24, 2.45) is 4.99 Å². The summed E-state index contributed by atoms with van der Waals surface area (Å²) in [6, 6.07) is 0. The van der Waals surface area contributed by atoms with E-state index in [2.05, 4.69) is 27.5 Å². The van der Waals surface area contributed by atoms with E-state index in [1.54, 1.807) is 0 Å². The summed E-state index contributed by atoms with van der Waals surface area (Å²) in [5, 5.41) is 0. The van der Waals surface area contributed by atoms with Gasteiger partial charge in [0.2, 0.25) is 0 Å². The minimum absolute atomic E-state index is 0.325. The fourth-order valence-corrected chi connectivity index (χ4v) is 0.306. The molecule has 0 spiro atoms. The van der Waals surface area contributed by atoms with Gasteiger partial charge in [-0.25, -0.2) is 9.38 Å². The van der Waals surface area contributed by atoms with Crippen LogP contribution < -0.4 is 0 Å². The van der Waals surface area contributed by atoms with Crippen LogP contribution in [0.25, 0.3) is 0 Å². The van der Waals surface area contributed by atoms with Gasteiger partial charge in [0.15, 0.2) is 0 Å². The highest BCUT2D eigenvalue weighted by molar-refractivity contribution is 9.18. The van der Waals surface area contributed by atoms with E-state index in [0.29, 0.717) is 4.62 Å². The first-order valence-corrected chi connectivity index (χ1v) is 3.14. The molecule has 0 atom stereocenters. The molecule has 0 rings (SSSR count). The van der Waals surface area contributed by atoms with Crippen molar-refractivity contribution in [2.75, 3.05) is 0 Å². The quantitative estimate of drug-likeness (QED) is 0.596. The summed E-state index contributed by atoms with van der Waals surface area (Å²) < 4.78 is 12.4. The van der Waals surface area contributed by atoms with Gasteiger partial charge < -0.3 is 0 Å². The lowest BCUT2D eigenvalue weighted by Gasteiger charge is -1.81. The van der Waals surface area contributed by atoms with Crippen LogP contribution in [0.5, 0.6) is 0 Å². The Hall–Kier alpha value is -0.440. The predicted octanol–water partition coefficient (Wildman–Crippen LogP) is 2.80. The van der Waals surface area contributed by atoms with Crippen molar-refractivity contribution in [3.05, 3.63) is 24.7 Å². The van der Waals surface area contributed by atoms with Crippen molar-refractivity contribution >= 4 is 20.6 Å². The van der Waals surface area contributed by atoms with Crippen molar-refractivity contribution < 1.29 is 4.39 Å². The van der Waals surface area contributed by atoms with E-state index in [1.165, 1.54) is 13.0 Å². The van der Waals surface area contributed by atoms with Crippen molar-refractivity contribution in [1.82, 2.24) is 0 Å². The number of hydrogen-bond donors (Lipinski definition) is 0. The number of allylic oxidation sites excluding steroid dienone is 2. The first-order valence-electron chi connectivity index (χ1n) is 2.35. The average molecular weight is 192 g/mol. The molecule has 0 aliphatic carbocycles. The Labute approximate surface area is 62.1 Å². The van der Waals surface area contributed by atoms with Crippen molar-refractivity contribution in [1.29, 1.82) is 0 Å². The van der Waals surface area contributed by atoms with Crippen LogP contribution in [0, 0.1) is 0 Å². The molecule has 0 saturated heterocycles. The Kier molecular flexibility index (Phi) is 4.22. The van der Waals surface area contributed by atoms with Gasteiger partial charge >= 0.3 is 0 Å². The highest BCUT2D eigenvalue weighted by Gasteiger charge is 1.80. The SMILES string of the molecule is C=C/C(Br)=N\C=C(/C)F. The summed E-state index contributed by atoms with van der Waals surface area (Å²) in [7, 11) is 0. The Morgan fingerprint density at radius 1 is 1.78 bits per heavy atom. The van der Waals surface area contributed by atoms with E-state index in [0.717, 1.165) is 6.20 Å². The van der Waals surface area contributed by atoms with Gasteiger partial charge in [0.25, 0.3) is 0 Å². The molecule has 3 heteroatoms. The zero-order valence-electron chi connectivity index (χ0n) is 5.06. The molecule has 0 unspecified atom stereocenters. The van der Waals surface area contributed by atoms with Crippen LogP contribution in [-0.4, -0.2) is 4.62 Å². The van der Waals surface area contributed by atoms with E-state index in [4.69, 9.17) is 0 Å². The maximum Gasteiger partial charge on any atom is 0.115 e. The summed E-state index contributed by atoms with van der Waals surface area (Å²) in [6.07, 6.45) is 2.60. The molecule has 0 fully saturated rings. The van der Waals surface area contributed by atoms with Crippen molar-refractivity contribution in [3.63, 3.8) is 0 Å². The second-order valence-electron chi connectivity index (χ2n) is 1.37. The lowest BCUT2D eigenvalue weighted by molar-refractivity contribution is 0.637. The molecular weight excluding hydrogens is 185 g/mol. The number of hydrogen-bond acceptors (Lipinski definition) is 1. The van der Waals surface area contributed by atoms with Gasteiger partial charge in [0.1, 0.15) is 10.4 Å². The zero-order chi connectivity index (χ0) is 7.28. The molecule has 0 radical (unpaired) electrons. The highest BCUT2D eigenvalue weighted by atomic mass is 79.9. The molecule has 0 heterocycles. The molecular formula is C6H7BrFN. The Bertz CT molecular complexity index is 156. The van der Waals surface area contributed by atoms with Gasteiger partial charge in [0.05, 0.1) is 6.20 Å². The second-order valence-corrected chi connectivity index (χ2v) is 2.18. The van der Waals surface area contributed by atoms with E-state index < -0.39 is 0 Å². The van der Waals surface area contributed by atoms with Crippen LogP contribution in [0.3, 0.4) is 0 Å². The standard InChI is InChI=1S/C6H7BrFN/c1-3-6(7)9-4-5(2)8/h3-4H,1H2,2H3/b5-4+,9-6+. The summed E-state index contributed by atoms with van der Waals surface area (Å²) >= 11 is 3.03. The first kappa shape index (κ1) is 8.56. The zero-order valence-corrected chi connectivity index (χ0v) is 6.65. The normalized spacial score (nSPS) is 13.7. The minimum Gasteiger partial charge on any atom is -0.247 e. The van der Waals surface area contributed by atoms with Gasteiger partial charge in [-0.2, -0.15) is 0 Å². The highest BCUT2D eigenvalue weighted by Crippen LogP contribution is 1.96. The average Bonchev–Trinajstić information content (AvgIpc) is 1.83. The number of rotatable bonds is 2. The molecule has 0 bridgehead atoms. The smallest absolute Gasteiger partial charge is 0.115 e. The molecule has 0 aliphatic heterocycles. The molecule has 0 N–H and O–H groups in total. The predicted molar refractivity (Wildman–Crippen MR) is 41.4 cm³/mol. The summed E-state index contributed by atoms with van der Waals surface area (Å²) in [4.78, 5) is 3.62. The summed E-state index contributed by atoms with van der Waals surface area (Å²) in [5.41, 5.74) is 0. The Morgan fingerprint density at radius 3 is 2.67 bits per heavy atom. The third kappa shape index (κ3) is 5.43.